The molecule has 1 saturated heterocycles. The van der Waals surface area contributed by atoms with Crippen LogP contribution >= 0.6 is 11.8 Å². The number of aromatic nitrogens is 2. The molecule has 2 aromatic carbocycles. The van der Waals surface area contributed by atoms with Crippen LogP contribution in [0.15, 0.2) is 70.8 Å². The van der Waals surface area contributed by atoms with Crippen molar-refractivity contribution in [1.82, 2.24) is 20.0 Å². The maximum atomic E-state index is 12.8. The Hall–Kier alpha value is -2.93. The molecule has 4 rings (SSSR count). The summed E-state index contributed by atoms with van der Waals surface area (Å²) in [7, 11) is -2.07. The summed E-state index contributed by atoms with van der Waals surface area (Å²) < 4.78 is 59.8. The van der Waals surface area contributed by atoms with Crippen molar-refractivity contribution in [3.8, 4) is 5.75 Å². The number of rotatable bonds is 12. The van der Waals surface area contributed by atoms with Crippen LogP contribution in [0.1, 0.15) is 45.7 Å². The fourth-order valence-electron chi connectivity index (χ4n) is 4.51. The van der Waals surface area contributed by atoms with E-state index in [1.165, 1.54) is 11.8 Å². The monoisotopic (exact) mass is 619 g/mol. The quantitative estimate of drug-likeness (QED) is 0.188. The van der Waals surface area contributed by atoms with Crippen LogP contribution in [-0.2, 0) is 11.0 Å². The zero-order valence-corrected chi connectivity index (χ0v) is 25.5. The first-order valence-electron chi connectivity index (χ1n) is 13.9. The Kier molecular flexibility index (Phi) is 11.0. The first-order chi connectivity index (χ1) is 20.1. The molecule has 2 heterocycles. The topological polar surface area (TPSA) is 88.2 Å². The van der Waals surface area contributed by atoms with E-state index in [9.17, 15) is 17.4 Å². The molecule has 0 radical (unpaired) electrons. The maximum absolute atomic E-state index is 12.8. The molecule has 3 N–H and O–H groups in total. The van der Waals surface area contributed by atoms with Crippen molar-refractivity contribution >= 4 is 44.4 Å². The first-order valence-corrected chi connectivity index (χ1v) is 15.8. The second kappa shape index (κ2) is 14.5. The van der Waals surface area contributed by atoms with E-state index in [4.69, 9.17) is 9.72 Å². The zero-order valence-electron chi connectivity index (χ0n) is 23.9. The number of thioether (sulfide) groups is 1. The second-order valence-corrected chi connectivity index (χ2v) is 12.7. The summed E-state index contributed by atoms with van der Waals surface area (Å²) >= 11 is 1.47. The van der Waals surface area contributed by atoms with E-state index < -0.39 is 23.7 Å². The third-order valence-corrected chi connectivity index (χ3v) is 8.87. The van der Waals surface area contributed by atoms with Crippen LogP contribution in [0.25, 0.3) is 15.7 Å². The highest BCUT2D eigenvalue weighted by molar-refractivity contribution is 8.11. The van der Waals surface area contributed by atoms with E-state index in [2.05, 4.69) is 40.8 Å². The van der Waals surface area contributed by atoms with Gasteiger partial charge in [0.2, 0.25) is 5.95 Å². The normalized spacial score (nSPS) is 17.8. The van der Waals surface area contributed by atoms with E-state index in [1.807, 2.05) is 19.1 Å². The smallest absolute Gasteiger partial charge is 0.402 e. The van der Waals surface area contributed by atoms with Gasteiger partial charge in [0.1, 0.15) is 29.0 Å². The largest absolute Gasteiger partial charge is 0.460 e. The molecule has 226 valence electrons. The first kappa shape index (κ1) is 32.0. The van der Waals surface area contributed by atoms with Gasteiger partial charge >= 0.3 is 6.18 Å². The van der Waals surface area contributed by atoms with Crippen LogP contribution in [-0.4, -0.2) is 46.0 Å². The number of nitrogens with one attached hydrogen (secondary N) is 3. The molecule has 1 aliphatic heterocycles. The summed E-state index contributed by atoms with van der Waals surface area (Å²) in [6.07, 6.45) is 0.136. The molecule has 0 aliphatic carbocycles. The van der Waals surface area contributed by atoms with Gasteiger partial charge in [0.15, 0.2) is 0 Å². The van der Waals surface area contributed by atoms with Crippen LogP contribution in [0.2, 0.25) is 0 Å². The molecule has 0 bridgehead atoms. The van der Waals surface area contributed by atoms with Gasteiger partial charge in [-0.1, -0.05) is 56.5 Å². The lowest BCUT2D eigenvalue weighted by atomic mass is 10.0. The Morgan fingerprint density at radius 1 is 1.24 bits per heavy atom. The van der Waals surface area contributed by atoms with Gasteiger partial charge in [-0.05, 0) is 55.8 Å². The number of nitrogens with zero attached hydrogens (tertiary/aromatic N) is 2. The number of alkyl halides is 3. The minimum Gasteiger partial charge on any atom is -0.460 e. The van der Waals surface area contributed by atoms with E-state index >= 15 is 0 Å². The fraction of sp³-hybridized carbons (Fsp3) is 0.400. The van der Waals surface area contributed by atoms with Gasteiger partial charge in [0.05, 0.1) is 15.5 Å². The zero-order chi connectivity index (χ0) is 30.3. The summed E-state index contributed by atoms with van der Waals surface area (Å²) in [4.78, 5) is 11.2. The SMILES string of the molecule is C=C(C)S/C(=C(/Oc1ccc(S(=O)NCC(F)(F)F)c2ccccc12)C(C)CC)c1ccnc(NC2CCCNC2)n1. The van der Waals surface area contributed by atoms with Crippen LogP contribution in [0.3, 0.4) is 0 Å². The average Bonchev–Trinajstić information content (AvgIpc) is 2.97. The van der Waals surface area contributed by atoms with E-state index in [0.717, 1.165) is 42.2 Å². The van der Waals surface area contributed by atoms with Crippen molar-refractivity contribution < 1.29 is 22.1 Å². The molecule has 0 saturated carbocycles. The molecule has 1 aliphatic rings. The number of anilines is 1. The van der Waals surface area contributed by atoms with Gasteiger partial charge in [-0.15, -0.1) is 0 Å². The molecule has 3 aromatic rings. The molecule has 3 atom stereocenters. The van der Waals surface area contributed by atoms with Crippen molar-refractivity contribution in [3.63, 3.8) is 0 Å². The van der Waals surface area contributed by atoms with Gasteiger partial charge in [0.25, 0.3) is 0 Å². The molecular weight excluding hydrogens is 583 g/mol. The number of fused-ring (bicyclic) bond motifs is 1. The Balaban J connectivity index is 1.75. The van der Waals surface area contributed by atoms with E-state index in [1.54, 1.807) is 36.5 Å². The average molecular weight is 620 g/mol. The molecule has 3 unspecified atom stereocenters. The minimum atomic E-state index is -4.48. The summed E-state index contributed by atoms with van der Waals surface area (Å²) in [6, 6.07) is 12.4. The van der Waals surface area contributed by atoms with Crippen molar-refractivity contribution in [2.75, 3.05) is 25.0 Å². The van der Waals surface area contributed by atoms with E-state index in [0.29, 0.717) is 33.9 Å². The highest BCUT2D eigenvalue weighted by atomic mass is 32.2. The predicted octanol–water partition coefficient (Wildman–Crippen LogP) is 7.03. The number of hydrogen-bond donors (Lipinski definition) is 3. The Bertz CT molecular complexity index is 1460. The number of allylic oxidation sites excluding steroid dienone is 2. The molecule has 0 spiro atoms. The van der Waals surface area contributed by atoms with Gasteiger partial charge in [-0.25, -0.2) is 18.9 Å². The van der Waals surface area contributed by atoms with Gasteiger partial charge in [-0.3, -0.25) is 0 Å². The number of benzene rings is 2. The van der Waals surface area contributed by atoms with Crippen LogP contribution < -0.4 is 20.1 Å². The summed E-state index contributed by atoms with van der Waals surface area (Å²) in [5, 5.41) is 8.00. The van der Waals surface area contributed by atoms with Gasteiger partial charge in [-0.2, -0.15) is 13.2 Å². The third kappa shape index (κ3) is 8.56. The van der Waals surface area contributed by atoms with Crippen LogP contribution in [0, 0.1) is 5.92 Å². The summed E-state index contributed by atoms with van der Waals surface area (Å²) in [5.74, 6) is 1.71. The van der Waals surface area contributed by atoms with E-state index in [-0.39, 0.29) is 16.9 Å². The summed E-state index contributed by atoms with van der Waals surface area (Å²) in [6.45, 7) is 10.7. The second-order valence-electron chi connectivity index (χ2n) is 10.2. The molecule has 12 heteroatoms. The van der Waals surface area contributed by atoms with Crippen molar-refractivity contribution in [2.45, 2.75) is 57.1 Å². The standard InChI is InChI=1S/C30H36F3N5O2S2/c1-5-20(4)27(28(41-19(2)3)24-14-16-35-29(38-24)37-21-9-8-15-34-17-21)40-25-12-13-26(23-11-7-6-10-22(23)25)42(39)36-18-30(31,32)33/h6-7,10-14,16,20-21,34,36H,2,5,8-9,15,17-18H2,1,3-4H3,(H,35,37,38)/b28-27+. The Labute approximate surface area is 251 Å². The van der Waals surface area contributed by atoms with Crippen molar-refractivity contribution in [1.29, 1.82) is 0 Å². The highest BCUT2D eigenvalue weighted by Gasteiger charge is 2.28. The van der Waals surface area contributed by atoms with Crippen LogP contribution in [0.4, 0.5) is 19.1 Å². The molecule has 7 nitrogen and oxygen atoms in total. The fourth-order valence-corrected chi connectivity index (χ4v) is 6.44. The Morgan fingerprint density at radius 3 is 2.67 bits per heavy atom. The maximum Gasteiger partial charge on any atom is 0.402 e. The van der Waals surface area contributed by atoms with Crippen LogP contribution in [0.5, 0.6) is 5.75 Å². The summed E-state index contributed by atoms with van der Waals surface area (Å²) in [5.41, 5.74) is 0.693. The third-order valence-electron chi connectivity index (χ3n) is 6.75. The molecule has 42 heavy (non-hydrogen) atoms. The minimum absolute atomic E-state index is 0.0122. The molecule has 0 amide bonds. The molecular formula is C30H36F3N5O2S2. The van der Waals surface area contributed by atoms with Gasteiger partial charge < -0.3 is 15.4 Å². The van der Waals surface area contributed by atoms with Crippen molar-refractivity contribution in [3.05, 3.63) is 71.6 Å². The predicted molar refractivity (Wildman–Crippen MR) is 165 cm³/mol. The lowest BCUT2D eigenvalue weighted by Gasteiger charge is -2.24. The lowest BCUT2D eigenvalue weighted by Crippen LogP contribution is -2.38. The Morgan fingerprint density at radius 2 is 2.00 bits per heavy atom. The number of halogens is 3. The molecule has 1 aromatic heterocycles. The number of hydrogen-bond acceptors (Lipinski definition) is 7. The van der Waals surface area contributed by atoms with Crippen molar-refractivity contribution in [2.24, 2.45) is 5.92 Å². The lowest BCUT2D eigenvalue weighted by molar-refractivity contribution is -0.121. The molecule has 1 fully saturated rings. The number of ether oxygens (including phenoxy) is 1. The number of piperidine rings is 1. The highest BCUT2D eigenvalue weighted by Crippen LogP contribution is 2.40. The van der Waals surface area contributed by atoms with Gasteiger partial charge in [0, 0.05) is 35.5 Å².